The molecule has 1 fully saturated rings. The normalized spacial score (nSPS) is 21.4. The van der Waals surface area contributed by atoms with Crippen LogP contribution >= 0.6 is 0 Å². The van der Waals surface area contributed by atoms with E-state index in [0.29, 0.717) is 12.8 Å². The maximum absolute atomic E-state index is 12.3. The summed E-state index contributed by atoms with van der Waals surface area (Å²) in [5, 5.41) is 6.02. The van der Waals surface area contributed by atoms with Crippen LogP contribution in [0.5, 0.6) is 0 Å². The van der Waals surface area contributed by atoms with Crippen molar-refractivity contribution in [3.63, 3.8) is 0 Å². The first-order valence-electron chi connectivity index (χ1n) is 9.16. The summed E-state index contributed by atoms with van der Waals surface area (Å²) in [6.07, 6.45) is 7.78. The highest BCUT2D eigenvalue weighted by atomic mass is 16.2. The lowest BCUT2D eigenvalue weighted by atomic mass is 9.78. The Balaban J connectivity index is 2.61. The summed E-state index contributed by atoms with van der Waals surface area (Å²) in [5.41, 5.74) is -0.548. The van der Waals surface area contributed by atoms with Gasteiger partial charge in [-0.05, 0) is 32.2 Å². The quantitative estimate of drug-likeness (QED) is 0.493. The Hall–Kier alpha value is -2.64. The van der Waals surface area contributed by atoms with Crippen molar-refractivity contribution in [2.75, 3.05) is 13.1 Å². The zero-order valence-corrected chi connectivity index (χ0v) is 16.0. The maximum atomic E-state index is 12.3. The van der Waals surface area contributed by atoms with E-state index in [1.807, 2.05) is 6.92 Å². The molecule has 0 aromatic rings. The molecule has 8 nitrogen and oxygen atoms in total. The fourth-order valence-corrected chi connectivity index (χ4v) is 3.20. The van der Waals surface area contributed by atoms with Gasteiger partial charge in [-0.2, -0.15) is 0 Å². The third kappa shape index (κ3) is 7.24. The van der Waals surface area contributed by atoms with Crippen LogP contribution in [0.2, 0.25) is 0 Å². The molecule has 1 rings (SSSR count). The highest BCUT2D eigenvalue weighted by Gasteiger charge is 2.38. The second kappa shape index (κ2) is 11.2. The summed E-state index contributed by atoms with van der Waals surface area (Å²) in [6.45, 7) is 9.47. The lowest BCUT2D eigenvalue weighted by Crippen LogP contribution is -2.62. The second-order valence-corrected chi connectivity index (χ2v) is 6.88. The Kier molecular flexibility index (Phi) is 9.25. The van der Waals surface area contributed by atoms with Gasteiger partial charge in [0.25, 0.3) is 0 Å². The first kappa shape index (κ1) is 22.4. The highest BCUT2D eigenvalue weighted by molar-refractivity contribution is 5.79. The Labute approximate surface area is 160 Å². The van der Waals surface area contributed by atoms with E-state index in [9.17, 15) is 19.2 Å². The van der Waals surface area contributed by atoms with Crippen LogP contribution in [0.4, 0.5) is 0 Å². The summed E-state index contributed by atoms with van der Waals surface area (Å²) < 4.78 is 0. The molecule has 0 bridgehead atoms. The molecular weight excluding hydrogens is 348 g/mol. The predicted octanol–water partition coefficient (Wildman–Crippen LogP) is 0.904. The van der Waals surface area contributed by atoms with Crippen molar-refractivity contribution in [2.45, 2.75) is 57.0 Å². The molecule has 1 aliphatic carbocycles. The van der Waals surface area contributed by atoms with Crippen molar-refractivity contribution in [3.8, 4) is 0 Å². The molecule has 2 N–H and O–H groups in total. The van der Waals surface area contributed by atoms with Gasteiger partial charge in [-0.25, -0.2) is 0 Å². The van der Waals surface area contributed by atoms with E-state index >= 15 is 0 Å². The summed E-state index contributed by atoms with van der Waals surface area (Å²) in [7, 11) is 0. The molecule has 0 aliphatic heterocycles. The molecule has 150 valence electrons. The van der Waals surface area contributed by atoms with E-state index in [1.165, 1.54) is 22.2 Å². The SMILES string of the molecule is C=CN(C=O)CCC(=O)NC1CCCCC1(C)NC(=O)CCN(C=C)C=O. The van der Waals surface area contributed by atoms with Crippen LogP contribution in [0.1, 0.15) is 45.4 Å². The standard InChI is InChI=1S/C19H30N4O4/c1-4-22(14-24)12-9-17(26)20-16-8-6-7-11-19(16,3)21-18(27)10-13-23(5-2)15-25/h4-5,14-16H,1-2,6-13H2,3H3,(H,20,26)(H,21,27). The van der Waals surface area contributed by atoms with Crippen LogP contribution in [0.15, 0.2) is 25.6 Å². The van der Waals surface area contributed by atoms with Crippen molar-refractivity contribution < 1.29 is 19.2 Å². The maximum Gasteiger partial charge on any atom is 0.222 e. The van der Waals surface area contributed by atoms with Crippen molar-refractivity contribution in [1.82, 2.24) is 20.4 Å². The van der Waals surface area contributed by atoms with Crippen LogP contribution in [0.3, 0.4) is 0 Å². The number of nitrogens with one attached hydrogen (secondary N) is 2. The van der Waals surface area contributed by atoms with Gasteiger partial charge in [-0.3, -0.25) is 19.2 Å². The van der Waals surface area contributed by atoms with E-state index in [0.717, 1.165) is 25.7 Å². The first-order chi connectivity index (χ1) is 12.9. The van der Waals surface area contributed by atoms with E-state index in [4.69, 9.17) is 0 Å². The van der Waals surface area contributed by atoms with Crippen molar-refractivity contribution in [1.29, 1.82) is 0 Å². The Morgan fingerprint density at radius 2 is 1.59 bits per heavy atom. The average molecular weight is 378 g/mol. The molecule has 1 aliphatic rings. The summed E-state index contributed by atoms with van der Waals surface area (Å²) in [6, 6.07) is -0.183. The van der Waals surface area contributed by atoms with Gasteiger partial charge in [0.2, 0.25) is 24.6 Å². The zero-order valence-electron chi connectivity index (χ0n) is 16.0. The molecule has 0 heterocycles. The fourth-order valence-electron chi connectivity index (χ4n) is 3.20. The highest BCUT2D eigenvalue weighted by Crippen LogP contribution is 2.28. The molecule has 2 atom stereocenters. The van der Waals surface area contributed by atoms with Gasteiger partial charge in [0, 0.05) is 25.9 Å². The smallest absolute Gasteiger partial charge is 0.222 e. The number of nitrogens with zero attached hydrogens (tertiary/aromatic N) is 2. The van der Waals surface area contributed by atoms with Gasteiger partial charge < -0.3 is 20.4 Å². The van der Waals surface area contributed by atoms with Crippen LogP contribution in [0, 0.1) is 0 Å². The largest absolute Gasteiger partial charge is 0.351 e. The Morgan fingerprint density at radius 1 is 1.04 bits per heavy atom. The molecule has 0 radical (unpaired) electrons. The average Bonchev–Trinajstić information content (AvgIpc) is 2.65. The van der Waals surface area contributed by atoms with Crippen LogP contribution in [-0.4, -0.2) is 59.1 Å². The lowest BCUT2D eigenvalue weighted by Gasteiger charge is -2.42. The van der Waals surface area contributed by atoms with Gasteiger partial charge in [0.15, 0.2) is 0 Å². The van der Waals surface area contributed by atoms with E-state index in [-0.39, 0.29) is 43.8 Å². The van der Waals surface area contributed by atoms with E-state index in [1.54, 1.807) is 0 Å². The Bertz CT molecular complexity index is 550. The number of hydrogen-bond acceptors (Lipinski definition) is 4. The third-order valence-electron chi connectivity index (χ3n) is 4.90. The van der Waals surface area contributed by atoms with Gasteiger partial charge >= 0.3 is 0 Å². The van der Waals surface area contributed by atoms with Gasteiger partial charge in [0.1, 0.15) is 0 Å². The zero-order chi connectivity index (χ0) is 20.3. The van der Waals surface area contributed by atoms with Crippen molar-refractivity contribution >= 4 is 24.6 Å². The minimum Gasteiger partial charge on any atom is -0.351 e. The van der Waals surface area contributed by atoms with Crippen molar-refractivity contribution in [2.24, 2.45) is 0 Å². The van der Waals surface area contributed by atoms with E-state index in [2.05, 4.69) is 23.8 Å². The molecule has 4 amide bonds. The summed E-state index contributed by atoms with van der Waals surface area (Å²) >= 11 is 0. The number of carbonyl (C=O) groups excluding carboxylic acids is 4. The van der Waals surface area contributed by atoms with Gasteiger partial charge in [-0.1, -0.05) is 26.0 Å². The van der Waals surface area contributed by atoms with Crippen LogP contribution in [0.25, 0.3) is 0 Å². The molecule has 0 aromatic heterocycles. The lowest BCUT2D eigenvalue weighted by molar-refractivity contribution is -0.127. The van der Waals surface area contributed by atoms with Gasteiger partial charge in [0.05, 0.1) is 11.6 Å². The number of carbonyl (C=O) groups is 4. The molecule has 27 heavy (non-hydrogen) atoms. The minimum atomic E-state index is -0.548. The summed E-state index contributed by atoms with van der Waals surface area (Å²) in [4.78, 5) is 48.7. The fraction of sp³-hybridized carbons (Fsp3) is 0.579. The molecule has 1 saturated carbocycles. The van der Waals surface area contributed by atoms with E-state index < -0.39 is 5.54 Å². The predicted molar refractivity (Wildman–Crippen MR) is 102 cm³/mol. The Morgan fingerprint density at radius 3 is 2.11 bits per heavy atom. The molecule has 0 aromatic carbocycles. The molecule has 2 unspecified atom stereocenters. The molecular formula is C19H30N4O4. The topological polar surface area (TPSA) is 98.8 Å². The third-order valence-corrected chi connectivity index (χ3v) is 4.90. The van der Waals surface area contributed by atoms with Crippen molar-refractivity contribution in [3.05, 3.63) is 25.6 Å². The number of rotatable bonds is 12. The first-order valence-corrected chi connectivity index (χ1v) is 9.16. The van der Waals surface area contributed by atoms with Gasteiger partial charge in [-0.15, -0.1) is 0 Å². The number of amides is 4. The molecule has 0 spiro atoms. The van der Waals surface area contributed by atoms with Crippen LogP contribution in [-0.2, 0) is 19.2 Å². The minimum absolute atomic E-state index is 0.161. The monoisotopic (exact) mass is 378 g/mol. The summed E-state index contributed by atoms with van der Waals surface area (Å²) in [5.74, 6) is -0.346. The molecule has 8 heteroatoms. The molecule has 0 saturated heterocycles. The second-order valence-electron chi connectivity index (χ2n) is 6.88. The van der Waals surface area contributed by atoms with Crippen LogP contribution < -0.4 is 10.6 Å². The number of hydrogen-bond donors (Lipinski definition) is 2.